The van der Waals surface area contributed by atoms with Gasteiger partial charge < -0.3 is 20.7 Å². The first kappa shape index (κ1) is 13.4. The molecule has 0 spiro atoms. The summed E-state index contributed by atoms with van der Waals surface area (Å²) >= 11 is 0. The number of nitrogen functional groups attached to an aromatic ring is 1. The van der Waals surface area contributed by atoms with Crippen molar-refractivity contribution < 1.29 is 4.74 Å². The maximum absolute atomic E-state index is 5.83. The molecule has 2 bridgehead atoms. The minimum Gasteiger partial charge on any atom is -0.373 e. The highest BCUT2D eigenvalue weighted by Crippen LogP contribution is 2.35. The zero-order valence-corrected chi connectivity index (χ0v) is 12.0. The van der Waals surface area contributed by atoms with Crippen molar-refractivity contribution in [1.29, 1.82) is 0 Å². The molecule has 3 unspecified atom stereocenters. The molecule has 3 atom stereocenters. The number of nitrogens with zero attached hydrogens (tertiary/aromatic N) is 4. The molecule has 2 fully saturated rings. The second kappa shape index (κ2) is 5.40. The van der Waals surface area contributed by atoms with Crippen LogP contribution < -0.4 is 16.0 Å². The zero-order valence-electron chi connectivity index (χ0n) is 12.0. The van der Waals surface area contributed by atoms with Crippen LogP contribution in [-0.4, -0.2) is 46.3 Å². The van der Waals surface area contributed by atoms with Gasteiger partial charge in [0.05, 0.1) is 18.2 Å². The van der Waals surface area contributed by atoms with Crippen LogP contribution in [0.5, 0.6) is 0 Å². The first-order chi connectivity index (χ1) is 9.69. The Morgan fingerprint density at radius 1 is 1.25 bits per heavy atom. The first-order valence-corrected chi connectivity index (χ1v) is 7.38. The summed E-state index contributed by atoms with van der Waals surface area (Å²) in [7, 11) is 0. The van der Waals surface area contributed by atoms with E-state index in [1.165, 1.54) is 6.42 Å². The fraction of sp³-hybridized carbons (Fsp3) is 0.769. The summed E-state index contributed by atoms with van der Waals surface area (Å²) in [5, 5.41) is 3.36. The summed E-state index contributed by atoms with van der Waals surface area (Å²) in [4.78, 5) is 14.9. The summed E-state index contributed by atoms with van der Waals surface area (Å²) in [5.41, 5.74) is 5.80. The molecule has 0 aliphatic carbocycles. The fourth-order valence-electron chi connectivity index (χ4n) is 3.05. The Hall–Kier alpha value is -1.63. The predicted octanol–water partition coefficient (Wildman–Crippen LogP) is 1.03. The Bertz CT molecular complexity index is 478. The van der Waals surface area contributed by atoms with Gasteiger partial charge in [0.15, 0.2) is 0 Å². The molecule has 1 aromatic rings. The third-order valence-electron chi connectivity index (χ3n) is 4.11. The second-order valence-electron chi connectivity index (χ2n) is 5.35. The number of nitrogens with one attached hydrogen (secondary N) is 1. The largest absolute Gasteiger partial charge is 0.373 e. The highest BCUT2D eigenvalue weighted by atomic mass is 16.5. The SMILES string of the molecule is CCN(CC)c1nc(N)nc(NC2CC3CCC2O3)n1. The molecule has 1 aromatic heterocycles. The zero-order chi connectivity index (χ0) is 14.1. The van der Waals surface area contributed by atoms with Crippen LogP contribution in [0, 0.1) is 0 Å². The molecule has 7 heteroatoms. The normalized spacial score (nSPS) is 27.8. The van der Waals surface area contributed by atoms with Crippen molar-refractivity contribution in [2.24, 2.45) is 0 Å². The van der Waals surface area contributed by atoms with E-state index < -0.39 is 0 Å². The van der Waals surface area contributed by atoms with Crippen molar-refractivity contribution in [2.45, 2.75) is 51.4 Å². The predicted molar refractivity (Wildman–Crippen MR) is 77.7 cm³/mol. The molecule has 3 rings (SSSR count). The number of hydrogen-bond donors (Lipinski definition) is 2. The minimum absolute atomic E-state index is 0.258. The number of fused-ring (bicyclic) bond motifs is 2. The van der Waals surface area contributed by atoms with Gasteiger partial charge in [0, 0.05) is 13.1 Å². The van der Waals surface area contributed by atoms with E-state index in [9.17, 15) is 0 Å². The summed E-state index contributed by atoms with van der Waals surface area (Å²) in [6, 6.07) is 0.292. The van der Waals surface area contributed by atoms with E-state index in [0.717, 1.165) is 25.9 Å². The van der Waals surface area contributed by atoms with Crippen molar-refractivity contribution in [3.05, 3.63) is 0 Å². The number of aromatic nitrogens is 3. The molecule has 7 nitrogen and oxygen atoms in total. The number of anilines is 3. The summed E-state index contributed by atoms with van der Waals surface area (Å²) in [5.74, 6) is 1.45. The van der Waals surface area contributed by atoms with E-state index in [1.54, 1.807) is 0 Å². The van der Waals surface area contributed by atoms with Gasteiger partial charge in [-0.2, -0.15) is 15.0 Å². The lowest BCUT2D eigenvalue weighted by molar-refractivity contribution is 0.102. The molecule has 110 valence electrons. The van der Waals surface area contributed by atoms with E-state index in [1.807, 2.05) is 0 Å². The third-order valence-corrected chi connectivity index (χ3v) is 4.11. The van der Waals surface area contributed by atoms with Crippen LogP contribution in [0.1, 0.15) is 33.1 Å². The lowest BCUT2D eigenvalue weighted by Crippen LogP contribution is -2.32. The second-order valence-corrected chi connectivity index (χ2v) is 5.35. The number of nitrogens with two attached hydrogens (primary N) is 1. The van der Waals surface area contributed by atoms with Gasteiger partial charge in [-0.15, -0.1) is 0 Å². The van der Waals surface area contributed by atoms with Crippen molar-refractivity contribution >= 4 is 17.8 Å². The summed E-state index contributed by atoms with van der Waals surface area (Å²) in [6.45, 7) is 5.83. The van der Waals surface area contributed by atoms with Gasteiger partial charge in [0.2, 0.25) is 17.8 Å². The van der Waals surface area contributed by atoms with Crippen LogP contribution in [0.3, 0.4) is 0 Å². The van der Waals surface area contributed by atoms with Gasteiger partial charge in [0.25, 0.3) is 0 Å². The molecular formula is C13H22N6O. The van der Waals surface area contributed by atoms with Crippen LogP contribution in [0.25, 0.3) is 0 Å². The van der Waals surface area contributed by atoms with Gasteiger partial charge in [-0.1, -0.05) is 0 Å². The van der Waals surface area contributed by atoms with E-state index in [0.29, 0.717) is 24.0 Å². The average molecular weight is 278 g/mol. The van der Waals surface area contributed by atoms with E-state index in [2.05, 4.69) is 39.0 Å². The Balaban J connectivity index is 1.76. The molecule has 0 aromatic carbocycles. The number of hydrogen-bond acceptors (Lipinski definition) is 7. The summed E-state index contributed by atoms with van der Waals surface area (Å²) in [6.07, 6.45) is 4.00. The lowest BCUT2D eigenvalue weighted by atomic mass is 9.96. The molecule has 3 N–H and O–H groups in total. The Kier molecular flexibility index (Phi) is 3.60. The van der Waals surface area contributed by atoms with Gasteiger partial charge in [0.1, 0.15) is 0 Å². The quantitative estimate of drug-likeness (QED) is 0.831. The van der Waals surface area contributed by atoms with Gasteiger partial charge in [-0.25, -0.2) is 0 Å². The van der Waals surface area contributed by atoms with Gasteiger partial charge in [-0.05, 0) is 33.1 Å². The van der Waals surface area contributed by atoms with Crippen LogP contribution >= 0.6 is 0 Å². The highest BCUT2D eigenvalue weighted by molar-refractivity contribution is 5.42. The monoisotopic (exact) mass is 278 g/mol. The van der Waals surface area contributed by atoms with Crippen molar-refractivity contribution in [2.75, 3.05) is 29.0 Å². The van der Waals surface area contributed by atoms with Crippen LogP contribution in [0.2, 0.25) is 0 Å². The van der Waals surface area contributed by atoms with Crippen molar-refractivity contribution in [1.82, 2.24) is 15.0 Å². The van der Waals surface area contributed by atoms with Crippen molar-refractivity contribution in [3.63, 3.8) is 0 Å². The van der Waals surface area contributed by atoms with E-state index >= 15 is 0 Å². The topological polar surface area (TPSA) is 89.2 Å². The molecule has 0 radical (unpaired) electrons. The molecule has 0 amide bonds. The lowest BCUT2D eigenvalue weighted by Gasteiger charge is -2.22. The van der Waals surface area contributed by atoms with Gasteiger partial charge >= 0.3 is 0 Å². The maximum atomic E-state index is 5.83. The summed E-state index contributed by atoms with van der Waals surface area (Å²) < 4.78 is 5.83. The first-order valence-electron chi connectivity index (χ1n) is 7.38. The van der Waals surface area contributed by atoms with Crippen molar-refractivity contribution in [3.8, 4) is 0 Å². The standard InChI is InChI=1S/C13H22N6O/c1-3-19(4-2)13-17-11(14)16-12(18-13)15-9-7-8-5-6-10(9)20-8/h8-10H,3-7H2,1-2H3,(H3,14,15,16,17,18). The molecule has 2 aliphatic heterocycles. The van der Waals surface area contributed by atoms with E-state index in [4.69, 9.17) is 10.5 Å². The van der Waals surface area contributed by atoms with Crippen LogP contribution in [0.15, 0.2) is 0 Å². The van der Waals surface area contributed by atoms with Crippen LogP contribution in [-0.2, 0) is 4.74 Å². The fourth-order valence-corrected chi connectivity index (χ4v) is 3.05. The molecule has 2 aliphatic rings. The maximum Gasteiger partial charge on any atom is 0.231 e. The molecule has 2 saturated heterocycles. The average Bonchev–Trinajstić information content (AvgIpc) is 3.02. The molecule has 3 heterocycles. The highest BCUT2D eigenvalue weighted by Gasteiger charge is 2.41. The Labute approximate surface area is 118 Å². The molecule has 0 saturated carbocycles. The molecule has 20 heavy (non-hydrogen) atoms. The smallest absolute Gasteiger partial charge is 0.231 e. The third kappa shape index (κ3) is 2.49. The Morgan fingerprint density at radius 3 is 2.65 bits per heavy atom. The Morgan fingerprint density at radius 2 is 2.05 bits per heavy atom. The van der Waals surface area contributed by atoms with Gasteiger partial charge in [-0.3, -0.25) is 0 Å². The number of ether oxygens (including phenoxy) is 1. The van der Waals surface area contributed by atoms with Crippen LogP contribution in [0.4, 0.5) is 17.8 Å². The molecular weight excluding hydrogens is 256 g/mol. The minimum atomic E-state index is 0.258. The number of rotatable bonds is 5. The van der Waals surface area contributed by atoms with E-state index in [-0.39, 0.29) is 12.1 Å².